The van der Waals surface area contributed by atoms with Gasteiger partial charge in [-0.3, -0.25) is 0 Å². The summed E-state index contributed by atoms with van der Waals surface area (Å²) in [6.07, 6.45) is 3.24. The molecule has 0 atom stereocenters. The van der Waals surface area contributed by atoms with E-state index in [1.165, 1.54) is 12.9 Å². The zero-order valence-corrected chi connectivity index (χ0v) is 7.64. The standard InChI is InChI=1S/C9H17O2/c1-9(2,3)6-4-5-7-11-8-10/h4-7H2,1-3H3. The third-order valence-corrected chi connectivity index (χ3v) is 1.48. The van der Waals surface area contributed by atoms with Gasteiger partial charge in [0.05, 0.1) is 6.61 Å². The van der Waals surface area contributed by atoms with Gasteiger partial charge in [-0.05, 0) is 24.7 Å². The van der Waals surface area contributed by atoms with Crippen LogP contribution >= 0.6 is 0 Å². The van der Waals surface area contributed by atoms with Crippen molar-refractivity contribution in [2.45, 2.75) is 40.0 Å². The van der Waals surface area contributed by atoms with Gasteiger partial charge in [0.1, 0.15) is 0 Å². The van der Waals surface area contributed by atoms with E-state index < -0.39 is 0 Å². The maximum absolute atomic E-state index is 9.62. The lowest BCUT2D eigenvalue weighted by Crippen LogP contribution is -2.05. The largest absolute Gasteiger partial charge is 0.457 e. The van der Waals surface area contributed by atoms with Gasteiger partial charge in [-0.15, -0.1) is 0 Å². The van der Waals surface area contributed by atoms with E-state index in [2.05, 4.69) is 25.5 Å². The van der Waals surface area contributed by atoms with Crippen molar-refractivity contribution in [2.75, 3.05) is 6.61 Å². The van der Waals surface area contributed by atoms with Crippen molar-refractivity contribution in [3.05, 3.63) is 0 Å². The third-order valence-electron chi connectivity index (χ3n) is 1.48. The maximum atomic E-state index is 9.62. The molecule has 1 radical (unpaired) electrons. The number of unbranched alkanes of at least 4 members (excludes halogenated alkanes) is 1. The molecule has 0 aromatic rings. The lowest BCUT2D eigenvalue weighted by Gasteiger charge is -2.16. The van der Waals surface area contributed by atoms with E-state index >= 15 is 0 Å². The fourth-order valence-electron chi connectivity index (χ4n) is 0.871. The Bertz CT molecular complexity index is 103. The van der Waals surface area contributed by atoms with E-state index in [-0.39, 0.29) is 0 Å². The molecule has 0 saturated carbocycles. The van der Waals surface area contributed by atoms with Crippen LogP contribution in [0.1, 0.15) is 40.0 Å². The lowest BCUT2D eigenvalue weighted by molar-refractivity contribution is 0.258. The minimum Gasteiger partial charge on any atom is -0.457 e. The van der Waals surface area contributed by atoms with E-state index in [1.807, 2.05) is 0 Å². The summed E-state index contributed by atoms with van der Waals surface area (Å²) >= 11 is 0. The van der Waals surface area contributed by atoms with Gasteiger partial charge < -0.3 is 4.74 Å². The van der Waals surface area contributed by atoms with Gasteiger partial charge in [0.15, 0.2) is 0 Å². The van der Waals surface area contributed by atoms with Gasteiger partial charge in [-0.1, -0.05) is 20.8 Å². The van der Waals surface area contributed by atoms with E-state index in [1.54, 1.807) is 0 Å². The molecule has 0 N–H and O–H groups in total. The Balaban J connectivity index is 3.08. The molecule has 0 aromatic carbocycles. The predicted molar refractivity (Wildman–Crippen MR) is 45.0 cm³/mol. The van der Waals surface area contributed by atoms with Crippen LogP contribution in [-0.4, -0.2) is 13.1 Å². The van der Waals surface area contributed by atoms with Crippen LogP contribution in [0.5, 0.6) is 0 Å². The van der Waals surface area contributed by atoms with Crippen LogP contribution in [0.15, 0.2) is 0 Å². The first-order valence-corrected chi connectivity index (χ1v) is 4.05. The number of hydrogen-bond donors (Lipinski definition) is 0. The van der Waals surface area contributed by atoms with Crippen molar-refractivity contribution < 1.29 is 9.53 Å². The highest BCUT2D eigenvalue weighted by molar-refractivity contribution is 5.37. The molecule has 0 rings (SSSR count). The Hall–Kier alpha value is -0.530. The Morgan fingerprint density at radius 3 is 2.36 bits per heavy atom. The van der Waals surface area contributed by atoms with Crippen molar-refractivity contribution in [3.8, 4) is 0 Å². The molecule has 0 bridgehead atoms. The summed E-state index contributed by atoms with van der Waals surface area (Å²) in [6, 6.07) is 0. The van der Waals surface area contributed by atoms with Gasteiger partial charge in [0.25, 0.3) is 0 Å². The topological polar surface area (TPSA) is 26.3 Å². The summed E-state index contributed by atoms with van der Waals surface area (Å²) in [7, 11) is 0. The quantitative estimate of drug-likeness (QED) is 0.572. The van der Waals surface area contributed by atoms with Crippen LogP contribution in [0.4, 0.5) is 0 Å². The molecule has 0 fully saturated rings. The van der Waals surface area contributed by atoms with E-state index in [4.69, 9.17) is 0 Å². The molecule has 0 saturated heterocycles. The molecule has 0 heterocycles. The van der Waals surface area contributed by atoms with Crippen LogP contribution in [0.2, 0.25) is 0 Å². The predicted octanol–water partition coefficient (Wildman–Crippen LogP) is 2.29. The van der Waals surface area contributed by atoms with E-state index in [0.29, 0.717) is 12.0 Å². The van der Waals surface area contributed by atoms with E-state index in [0.717, 1.165) is 12.8 Å². The molecule has 11 heavy (non-hydrogen) atoms. The highest BCUT2D eigenvalue weighted by atomic mass is 16.5. The molecule has 0 aromatic heterocycles. The first kappa shape index (κ1) is 10.5. The molecule has 0 amide bonds. The van der Waals surface area contributed by atoms with Gasteiger partial charge in [0, 0.05) is 0 Å². The summed E-state index contributed by atoms with van der Waals surface area (Å²) in [5, 5.41) is 0. The minimum absolute atomic E-state index is 0.394. The van der Waals surface area contributed by atoms with Crippen LogP contribution in [0.25, 0.3) is 0 Å². The van der Waals surface area contributed by atoms with Crippen molar-refractivity contribution in [1.82, 2.24) is 0 Å². The highest BCUT2D eigenvalue weighted by Crippen LogP contribution is 2.21. The highest BCUT2D eigenvalue weighted by Gasteiger charge is 2.08. The molecule has 2 heteroatoms. The Morgan fingerprint density at radius 2 is 1.91 bits per heavy atom. The molecule has 0 spiro atoms. The molecule has 0 unspecified atom stereocenters. The fourth-order valence-corrected chi connectivity index (χ4v) is 0.871. The van der Waals surface area contributed by atoms with Crippen molar-refractivity contribution >= 4 is 6.47 Å². The first-order valence-electron chi connectivity index (χ1n) is 4.05. The fraction of sp³-hybridized carbons (Fsp3) is 0.889. The smallest absolute Gasteiger partial charge is 0.417 e. The average Bonchev–Trinajstić information content (AvgIpc) is 1.85. The molecule has 0 aliphatic heterocycles. The van der Waals surface area contributed by atoms with Crippen molar-refractivity contribution in [3.63, 3.8) is 0 Å². The minimum atomic E-state index is 0.394. The van der Waals surface area contributed by atoms with Crippen LogP contribution in [0, 0.1) is 5.41 Å². The normalized spacial score (nSPS) is 11.2. The molecule has 2 nitrogen and oxygen atoms in total. The molecular weight excluding hydrogens is 140 g/mol. The number of ether oxygens (including phenoxy) is 1. The summed E-state index contributed by atoms with van der Waals surface area (Å²) in [5.41, 5.74) is 0.394. The number of hydrogen-bond acceptors (Lipinski definition) is 2. The van der Waals surface area contributed by atoms with Crippen LogP contribution < -0.4 is 0 Å². The monoisotopic (exact) mass is 157 g/mol. The zero-order chi connectivity index (χ0) is 8.74. The lowest BCUT2D eigenvalue weighted by atomic mass is 9.90. The zero-order valence-electron chi connectivity index (χ0n) is 7.64. The number of carbonyl (C=O) groups excluding carboxylic acids is 1. The summed E-state index contributed by atoms with van der Waals surface area (Å²) in [4.78, 5) is 9.62. The van der Waals surface area contributed by atoms with Gasteiger partial charge in [-0.25, -0.2) is 4.79 Å². The number of rotatable bonds is 5. The van der Waals surface area contributed by atoms with Crippen molar-refractivity contribution in [1.29, 1.82) is 0 Å². The molecule has 0 aliphatic rings. The second-order valence-electron chi connectivity index (χ2n) is 3.95. The van der Waals surface area contributed by atoms with Crippen LogP contribution in [-0.2, 0) is 9.53 Å². The SMILES string of the molecule is CC(C)(C)CCCCO[C]=O. The van der Waals surface area contributed by atoms with Gasteiger partial charge in [0.2, 0.25) is 0 Å². The Morgan fingerprint density at radius 1 is 1.27 bits per heavy atom. The summed E-state index contributed by atoms with van der Waals surface area (Å²) in [5.74, 6) is 0. The molecule has 0 aliphatic carbocycles. The Labute approximate surface area is 68.9 Å². The average molecular weight is 157 g/mol. The van der Waals surface area contributed by atoms with E-state index in [9.17, 15) is 4.79 Å². The molecular formula is C9H17O2. The van der Waals surface area contributed by atoms with Crippen molar-refractivity contribution in [2.24, 2.45) is 5.41 Å². The van der Waals surface area contributed by atoms with Gasteiger partial charge >= 0.3 is 6.47 Å². The first-order chi connectivity index (χ1) is 5.06. The van der Waals surface area contributed by atoms with Crippen LogP contribution in [0.3, 0.4) is 0 Å². The van der Waals surface area contributed by atoms with Gasteiger partial charge in [-0.2, -0.15) is 0 Å². The second-order valence-corrected chi connectivity index (χ2v) is 3.95. The summed E-state index contributed by atoms with van der Waals surface area (Å²) in [6.45, 7) is 8.55. The second kappa shape index (κ2) is 5.16. The Kier molecular flexibility index (Phi) is 4.92. The molecule has 65 valence electrons. The third kappa shape index (κ3) is 9.47. The summed E-state index contributed by atoms with van der Waals surface area (Å²) < 4.78 is 4.44. The maximum Gasteiger partial charge on any atom is 0.417 e.